The van der Waals surface area contributed by atoms with Crippen molar-refractivity contribution in [1.82, 2.24) is 25.7 Å². The minimum absolute atomic E-state index is 0.0407. The molecule has 28 heavy (non-hydrogen) atoms. The maximum atomic E-state index is 12.3. The second kappa shape index (κ2) is 7.90. The number of aromatic nitrogens is 3. The van der Waals surface area contributed by atoms with Gasteiger partial charge in [0.25, 0.3) is 5.91 Å². The Morgan fingerprint density at radius 1 is 1.29 bits per heavy atom. The number of hydrazone groups is 1. The van der Waals surface area contributed by atoms with Crippen molar-refractivity contribution in [1.29, 1.82) is 0 Å². The lowest BCUT2D eigenvalue weighted by molar-refractivity contribution is -0.0467. The highest BCUT2D eigenvalue weighted by atomic mass is 32.2. The van der Waals surface area contributed by atoms with Crippen LogP contribution in [0.3, 0.4) is 0 Å². The summed E-state index contributed by atoms with van der Waals surface area (Å²) >= 11 is 1.56. The van der Waals surface area contributed by atoms with Crippen molar-refractivity contribution in [3.05, 3.63) is 47.8 Å². The van der Waals surface area contributed by atoms with E-state index in [4.69, 9.17) is 0 Å². The SMILES string of the molecule is O=C(NCC1=NNC(c2ccccc2)S1)c1cn(C2CC(CO)(CO)C2)nn1. The highest BCUT2D eigenvalue weighted by Crippen LogP contribution is 2.47. The molecule has 1 unspecified atom stereocenters. The molecular formula is C18H22N6O3S. The fraction of sp³-hybridized carbons (Fsp3) is 0.444. The zero-order valence-corrected chi connectivity index (χ0v) is 16.0. The Labute approximate surface area is 166 Å². The van der Waals surface area contributed by atoms with Crippen LogP contribution in [0.5, 0.6) is 0 Å². The van der Waals surface area contributed by atoms with Crippen molar-refractivity contribution in [2.45, 2.75) is 24.3 Å². The largest absolute Gasteiger partial charge is 0.396 e. The van der Waals surface area contributed by atoms with Gasteiger partial charge < -0.3 is 15.5 Å². The highest BCUT2D eigenvalue weighted by Gasteiger charge is 2.45. The second-order valence-corrected chi connectivity index (χ2v) is 8.37. The maximum absolute atomic E-state index is 12.3. The minimum atomic E-state index is -0.445. The van der Waals surface area contributed by atoms with E-state index in [1.807, 2.05) is 30.3 Å². The molecule has 1 fully saturated rings. The first-order valence-electron chi connectivity index (χ1n) is 9.08. The lowest BCUT2D eigenvalue weighted by atomic mass is 9.66. The third-order valence-corrected chi connectivity index (χ3v) is 6.31. The van der Waals surface area contributed by atoms with Crippen LogP contribution in [0.25, 0.3) is 0 Å². The Hall–Kier alpha value is -2.43. The summed E-state index contributed by atoms with van der Waals surface area (Å²) in [6.45, 7) is 0.202. The van der Waals surface area contributed by atoms with Crippen LogP contribution in [0.1, 0.15) is 40.3 Å². The average molecular weight is 402 g/mol. The van der Waals surface area contributed by atoms with Gasteiger partial charge in [-0.2, -0.15) is 5.10 Å². The minimum Gasteiger partial charge on any atom is -0.396 e. The van der Waals surface area contributed by atoms with E-state index in [0.717, 1.165) is 10.6 Å². The van der Waals surface area contributed by atoms with Crippen molar-refractivity contribution in [2.24, 2.45) is 10.5 Å². The van der Waals surface area contributed by atoms with Crippen LogP contribution in [0.4, 0.5) is 0 Å². The van der Waals surface area contributed by atoms with Gasteiger partial charge in [-0.3, -0.25) is 10.2 Å². The van der Waals surface area contributed by atoms with Crippen molar-refractivity contribution in [2.75, 3.05) is 19.8 Å². The Morgan fingerprint density at radius 2 is 2.04 bits per heavy atom. The van der Waals surface area contributed by atoms with Gasteiger partial charge in [0.2, 0.25) is 0 Å². The second-order valence-electron chi connectivity index (χ2n) is 7.19. The topological polar surface area (TPSA) is 125 Å². The molecule has 1 atom stereocenters. The lowest BCUT2D eigenvalue weighted by Crippen LogP contribution is -2.44. The zero-order chi connectivity index (χ0) is 19.6. The Balaban J connectivity index is 1.27. The first kappa shape index (κ1) is 18.9. The summed E-state index contributed by atoms with van der Waals surface area (Å²) in [6.07, 6.45) is 2.84. The number of carbonyl (C=O) groups excluding carboxylic acids is 1. The molecule has 2 aliphatic rings. The molecule has 2 heterocycles. The number of benzene rings is 1. The predicted octanol–water partition coefficient (Wildman–Crippen LogP) is 0.662. The van der Waals surface area contributed by atoms with E-state index in [9.17, 15) is 15.0 Å². The number of hydrogen-bond donors (Lipinski definition) is 4. The monoisotopic (exact) mass is 402 g/mol. The number of amides is 1. The molecule has 4 rings (SSSR count). The van der Waals surface area contributed by atoms with Gasteiger partial charge in [0.1, 0.15) is 10.4 Å². The summed E-state index contributed by atoms with van der Waals surface area (Å²) in [4.78, 5) is 12.3. The number of hydrogen-bond acceptors (Lipinski definition) is 8. The van der Waals surface area contributed by atoms with Gasteiger partial charge in [0, 0.05) is 5.41 Å². The van der Waals surface area contributed by atoms with Gasteiger partial charge in [-0.25, -0.2) is 4.68 Å². The predicted molar refractivity (Wildman–Crippen MR) is 105 cm³/mol. The number of thioether (sulfide) groups is 1. The van der Waals surface area contributed by atoms with Gasteiger partial charge in [0.05, 0.1) is 32.0 Å². The normalized spacial score (nSPS) is 20.9. The van der Waals surface area contributed by atoms with Gasteiger partial charge in [-0.15, -0.1) is 5.10 Å². The molecule has 0 spiro atoms. The number of aliphatic hydroxyl groups excluding tert-OH is 2. The quantitative estimate of drug-likeness (QED) is 0.536. The average Bonchev–Trinajstić information content (AvgIpc) is 3.37. The molecule has 0 bridgehead atoms. The molecule has 2 aromatic rings. The van der Waals surface area contributed by atoms with Crippen LogP contribution in [0, 0.1) is 5.41 Å². The van der Waals surface area contributed by atoms with Crippen LogP contribution >= 0.6 is 11.8 Å². The standard InChI is InChI=1S/C18H22N6O3S/c25-10-18(11-26)6-13(7-18)24-9-14(20-23-24)16(27)19-8-15-21-22-17(28-15)12-4-2-1-3-5-12/h1-5,9,13,17,22,25-26H,6-8,10-11H2,(H,19,27). The zero-order valence-electron chi connectivity index (χ0n) is 15.2. The first-order valence-corrected chi connectivity index (χ1v) is 9.96. The van der Waals surface area contributed by atoms with E-state index >= 15 is 0 Å². The van der Waals surface area contributed by atoms with Crippen LogP contribution in [-0.4, -0.2) is 55.9 Å². The van der Waals surface area contributed by atoms with Gasteiger partial charge >= 0.3 is 0 Å². The molecule has 1 aromatic heterocycles. The van der Waals surface area contributed by atoms with E-state index in [1.54, 1.807) is 22.6 Å². The van der Waals surface area contributed by atoms with Crippen molar-refractivity contribution in [3.8, 4) is 0 Å². The van der Waals surface area contributed by atoms with E-state index < -0.39 is 5.41 Å². The summed E-state index contributed by atoms with van der Waals surface area (Å²) in [5.41, 5.74) is 3.99. The van der Waals surface area contributed by atoms with Gasteiger partial charge in [-0.05, 0) is 18.4 Å². The summed E-state index contributed by atoms with van der Waals surface area (Å²) in [5, 5.41) is 34.6. The number of rotatable bonds is 7. The summed E-state index contributed by atoms with van der Waals surface area (Å²) in [6, 6.07) is 10.0. The highest BCUT2D eigenvalue weighted by molar-refractivity contribution is 8.14. The fourth-order valence-electron chi connectivity index (χ4n) is 3.41. The number of nitrogens with zero attached hydrogens (tertiary/aromatic N) is 4. The third-order valence-electron chi connectivity index (χ3n) is 5.19. The Kier molecular flexibility index (Phi) is 5.33. The molecule has 1 saturated carbocycles. The number of nitrogens with one attached hydrogen (secondary N) is 2. The molecule has 4 N–H and O–H groups in total. The van der Waals surface area contributed by atoms with E-state index in [-0.39, 0.29) is 36.2 Å². The van der Waals surface area contributed by atoms with Crippen LogP contribution in [0.2, 0.25) is 0 Å². The third kappa shape index (κ3) is 3.75. The van der Waals surface area contributed by atoms with Gasteiger partial charge in [0.15, 0.2) is 5.69 Å². The Bertz CT molecular complexity index is 859. The summed E-state index contributed by atoms with van der Waals surface area (Å²) in [7, 11) is 0. The molecule has 1 aliphatic heterocycles. The van der Waals surface area contributed by atoms with E-state index in [1.165, 1.54) is 0 Å². The smallest absolute Gasteiger partial charge is 0.273 e. The lowest BCUT2D eigenvalue weighted by Gasteiger charge is -2.44. The molecule has 148 valence electrons. The molecule has 1 aliphatic carbocycles. The van der Waals surface area contributed by atoms with E-state index in [0.29, 0.717) is 19.4 Å². The molecule has 0 saturated heterocycles. The molecule has 1 aromatic carbocycles. The van der Waals surface area contributed by atoms with Gasteiger partial charge in [-0.1, -0.05) is 47.3 Å². The first-order chi connectivity index (χ1) is 13.6. The summed E-state index contributed by atoms with van der Waals surface area (Å²) in [5.74, 6) is -0.312. The molecule has 10 heteroatoms. The Morgan fingerprint density at radius 3 is 2.75 bits per heavy atom. The summed E-state index contributed by atoms with van der Waals surface area (Å²) < 4.78 is 1.63. The number of aliphatic hydroxyl groups is 2. The van der Waals surface area contributed by atoms with Crippen LogP contribution in [-0.2, 0) is 0 Å². The van der Waals surface area contributed by atoms with Crippen LogP contribution in [0.15, 0.2) is 41.6 Å². The molecule has 9 nitrogen and oxygen atoms in total. The molecule has 1 amide bonds. The fourth-order valence-corrected chi connectivity index (χ4v) is 4.34. The number of carbonyl (C=O) groups is 1. The molecule has 0 radical (unpaired) electrons. The van der Waals surface area contributed by atoms with E-state index in [2.05, 4.69) is 26.2 Å². The maximum Gasteiger partial charge on any atom is 0.273 e. The molecular weight excluding hydrogens is 380 g/mol. The van der Waals surface area contributed by atoms with Crippen molar-refractivity contribution < 1.29 is 15.0 Å². The van der Waals surface area contributed by atoms with Crippen molar-refractivity contribution >= 4 is 22.7 Å². The van der Waals surface area contributed by atoms with Crippen LogP contribution < -0.4 is 10.7 Å². The van der Waals surface area contributed by atoms with Crippen molar-refractivity contribution in [3.63, 3.8) is 0 Å².